The number of nitrogens with two attached hydrogens (primary N) is 1. The van der Waals surface area contributed by atoms with Crippen molar-refractivity contribution in [2.45, 2.75) is 59.3 Å². The van der Waals surface area contributed by atoms with E-state index < -0.39 is 0 Å². The summed E-state index contributed by atoms with van der Waals surface area (Å²) in [6, 6.07) is 0. The van der Waals surface area contributed by atoms with E-state index in [1.165, 1.54) is 25.7 Å². The van der Waals surface area contributed by atoms with Crippen molar-refractivity contribution in [3.8, 4) is 0 Å². The second kappa shape index (κ2) is 6.60. The maximum absolute atomic E-state index is 5.61. The van der Waals surface area contributed by atoms with Crippen LogP contribution in [0.15, 0.2) is 6.33 Å². The van der Waals surface area contributed by atoms with Crippen molar-refractivity contribution in [2.24, 2.45) is 11.3 Å². The predicted octanol–water partition coefficient (Wildman–Crippen LogP) is 3.29. The lowest BCUT2D eigenvalue weighted by Gasteiger charge is -2.42. The van der Waals surface area contributed by atoms with Crippen LogP contribution < -0.4 is 16.2 Å². The number of anilines is 2. The second-order valence-electron chi connectivity index (χ2n) is 6.45. The fraction of sp³-hybridized carbons (Fsp3) is 0.750. The summed E-state index contributed by atoms with van der Waals surface area (Å²) in [6.45, 7) is 11.1. The van der Waals surface area contributed by atoms with E-state index in [9.17, 15) is 0 Å². The molecule has 0 aromatic carbocycles. The highest BCUT2D eigenvalue weighted by atomic mass is 15.3. The van der Waals surface area contributed by atoms with E-state index in [-0.39, 0.29) is 0 Å². The molecule has 21 heavy (non-hydrogen) atoms. The Morgan fingerprint density at radius 3 is 2.33 bits per heavy atom. The molecule has 2 heterocycles. The van der Waals surface area contributed by atoms with Gasteiger partial charge in [0.25, 0.3) is 0 Å². The van der Waals surface area contributed by atoms with Gasteiger partial charge < -0.3 is 10.3 Å². The van der Waals surface area contributed by atoms with E-state index in [1.54, 1.807) is 6.33 Å². The molecule has 0 aliphatic carbocycles. The Morgan fingerprint density at radius 1 is 1.24 bits per heavy atom. The van der Waals surface area contributed by atoms with Crippen molar-refractivity contribution in [1.82, 2.24) is 9.97 Å². The minimum absolute atomic E-state index is 0.344. The largest absolute Gasteiger partial charge is 0.356 e. The molecule has 2 rings (SSSR count). The lowest BCUT2D eigenvalue weighted by Crippen LogP contribution is -2.40. The molecule has 1 aromatic heterocycles. The first kappa shape index (κ1) is 16.0. The Kier molecular flexibility index (Phi) is 5.04. The molecule has 5 nitrogen and oxygen atoms in total. The third kappa shape index (κ3) is 3.12. The van der Waals surface area contributed by atoms with Crippen molar-refractivity contribution in [1.29, 1.82) is 0 Å². The minimum atomic E-state index is 0.344. The average Bonchev–Trinajstić information content (AvgIpc) is 2.54. The molecule has 0 amide bonds. The van der Waals surface area contributed by atoms with Gasteiger partial charge in [-0.05, 0) is 24.2 Å². The highest BCUT2D eigenvalue weighted by molar-refractivity contribution is 5.60. The molecular weight excluding hydrogens is 262 g/mol. The van der Waals surface area contributed by atoms with E-state index in [4.69, 9.17) is 5.84 Å². The fourth-order valence-corrected chi connectivity index (χ4v) is 3.43. The van der Waals surface area contributed by atoms with Gasteiger partial charge in [-0.3, -0.25) is 0 Å². The number of rotatable bonds is 5. The summed E-state index contributed by atoms with van der Waals surface area (Å²) in [7, 11) is 0. The first-order chi connectivity index (χ1) is 10.1. The van der Waals surface area contributed by atoms with Gasteiger partial charge in [0, 0.05) is 18.7 Å². The molecule has 0 spiro atoms. The van der Waals surface area contributed by atoms with Crippen LogP contribution in [0.4, 0.5) is 11.6 Å². The number of hydrazine groups is 1. The molecule has 1 aromatic rings. The molecule has 118 valence electrons. The predicted molar refractivity (Wildman–Crippen MR) is 88.4 cm³/mol. The van der Waals surface area contributed by atoms with Gasteiger partial charge in [-0.1, -0.05) is 40.5 Å². The molecule has 1 aliphatic rings. The summed E-state index contributed by atoms with van der Waals surface area (Å²) in [5.41, 5.74) is 4.37. The monoisotopic (exact) mass is 291 g/mol. The summed E-state index contributed by atoms with van der Waals surface area (Å²) in [6.07, 6.45) is 6.64. The van der Waals surface area contributed by atoms with Crippen molar-refractivity contribution in [3.63, 3.8) is 0 Å². The Bertz CT molecular complexity index is 458. The summed E-state index contributed by atoms with van der Waals surface area (Å²) >= 11 is 0. The maximum Gasteiger partial charge on any atom is 0.148 e. The van der Waals surface area contributed by atoms with Crippen molar-refractivity contribution in [2.75, 3.05) is 23.4 Å². The molecule has 0 radical (unpaired) electrons. The van der Waals surface area contributed by atoms with Crippen LogP contribution in [0.25, 0.3) is 0 Å². The van der Waals surface area contributed by atoms with Crippen molar-refractivity contribution >= 4 is 11.6 Å². The van der Waals surface area contributed by atoms with Crippen LogP contribution >= 0.6 is 0 Å². The molecule has 0 unspecified atom stereocenters. The van der Waals surface area contributed by atoms with E-state index >= 15 is 0 Å². The van der Waals surface area contributed by atoms with Crippen LogP contribution in [0, 0.1) is 5.41 Å². The highest BCUT2D eigenvalue weighted by Gasteiger charge is 2.32. The van der Waals surface area contributed by atoms with Crippen LogP contribution in [0.2, 0.25) is 0 Å². The standard InChI is InChI=1S/C16H29N5/c1-5-16(6-2)7-9-21(10-8-16)15-13(12(3)4)14(20-17)18-11-19-15/h11-12H,5-10,17H2,1-4H3,(H,18,19,20). The lowest BCUT2D eigenvalue weighted by atomic mass is 9.74. The first-order valence-corrected chi connectivity index (χ1v) is 8.13. The van der Waals surface area contributed by atoms with E-state index in [0.717, 1.165) is 30.3 Å². The Hall–Kier alpha value is -1.36. The number of nitrogens with one attached hydrogen (secondary N) is 1. The SMILES string of the molecule is CCC1(CC)CCN(c2ncnc(NN)c2C(C)C)CC1. The molecule has 1 saturated heterocycles. The van der Waals surface area contributed by atoms with Crippen molar-refractivity contribution in [3.05, 3.63) is 11.9 Å². The zero-order valence-corrected chi connectivity index (χ0v) is 13.8. The molecule has 0 atom stereocenters. The van der Waals surface area contributed by atoms with Gasteiger partial charge in [-0.15, -0.1) is 0 Å². The first-order valence-electron chi connectivity index (χ1n) is 8.13. The van der Waals surface area contributed by atoms with E-state index in [2.05, 4.69) is 48.0 Å². The van der Waals surface area contributed by atoms with Gasteiger partial charge in [0.2, 0.25) is 0 Å². The maximum atomic E-state index is 5.61. The number of piperidine rings is 1. The molecular formula is C16H29N5. The zero-order chi connectivity index (χ0) is 15.5. The van der Waals surface area contributed by atoms with Crippen LogP contribution in [-0.2, 0) is 0 Å². The summed E-state index contributed by atoms with van der Waals surface area (Å²) < 4.78 is 0. The Labute approximate surface area is 128 Å². The van der Waals surface area contributed by atoms with Crippen molar-refractivity contribution < 1.29 is 0 Å². The van der Waals surface area contributed by atoms with Gasteiger partial charge in [0.1, 0.15) is 18.0 Å². The second-order valence-corrected chi connectivity index (χ2v) is 6.45. The van der Waals surface area contributed by atoms with E-state index in [1.807, 2.05) is 0 Å². The number of hydrogen-bond donors (Lipinski definition) is 2. The zero-order valence-electron chi connectivity index (χ0n) is 13.8. The highest BCUT2D eigenvalue weighted by Crippen LogP contribution is 2.40. The fourth-order valence-electron chi connectivity index (χ4n) is 3.43. The number of aromatic nitrogens is 2. The summed E-state index contributed by atoms with van der Waals surface area (Å²) in [5, 5.41) is 0. The van der Waals surface area contributed by atoms with Gasteiger partial charge in [0.05, 0.1) is 0 Å². The Morgan fingerprint density at radius 2 is 1.86 bits per heavy atom. The van der Waals surface area contributed by atoms with Crippen LogP contribution in [0.5, 0.6) is 0 Å². The van der Waals surface area contributed by atoms with Gasteiger partial charge in [-0.25, -0.2) is 15.8 Å². The van der Waals surface area contributed by atoms with E-state index in [0.29, 0.717) is 11.3 Å². The molecule has 0 saturated carbocycles. The Balaban J connectivity index is 2.24. The number of hydrogen-bond acceptors (Lipinski definition) is 5. The third-order valence-electron chi connectivity index (χ3n) is 5.20. The molecule has 1 aliphatic heterocycles. The number of nitrogens with zero attached hydrogens (tertiary/aromatic N) is 3. The normalized spacial score (nSPS) is 18.1. The van der Waals surface area contributed by atoms with Gasteiger partial charge >= 0.3 is 0 Å². The molecule has 1 fully saturated rings. The smallest absolute Gasteiger partial charge is 0.148 e. The summed E-state index contributed by atoms with van der Waals surface area (Å²) in [5.74, 6) is 7.76. The average molecular weight is 291 g/mol. The topological polar surface area (TPSA) is 67.1 Å². The van der Waals surface area contributed by atoms with Crippen LogP contribution in [0.1, 0.15) is 64.9 Å². The number of nitrogen functional groups attached to an aromatic ring is 1. The van der Waals surface area contributed by atoms with Gasteiger partial charge in [0.15, 0.2) is 0 Å². The third-order valence-corrected chi connectivity index (χ3v) is 5.20. The molecule has 5 heteroatoms. The van der Waals surface area contributed by atoms with Gasteiger partial charge in [-0.2, -0.15) is 0 Å². The van der Waals surface area contributed by atoms with Crippen LogP contribution in [-0.4, -0.2) is 23.1 Å². The molecule has 0 bridgehead atoms. The summed E-state index contributed by atoms with van der Waals surface area (Å²) in [4.78, 5) is 11.2. The van der Waals surface area contributed by atoms with Crippen LogP contribution in [0.3, 0.4) is 0 Å². The lowest BCUT2D eigenvalue weighted by molar-refractivity contribution is 0.199. The quantitative estimate of drug-likeness (QED) is 0.643. The molecule has 3 N–H and O–H groups in total. The minimum Gasteiger partial charge on any atom is -0.356 e.